The van der Waals surface area contributed by atoms with Gasteiger partial charge >= 0.3 is 0 Å². The van der Waals surface area contributed by atoms with E-state index in [1.165, 1.54) is 32.3 Å². The van der Waals surface area contributed by atoms with Gasteiger partial charge in [-0.3, -0.25) is 0 Å². The van der Waals surface area contributed by atoms with Crippen molar-refractivity contribution in [3.05, 3.63) is 74.8 Å². The first-order valence-electron chi connectivity index (χ1n) is 6.20. The van der Waals surface area contributed by atoms with E-state index in [0.29, 0.717) is 5.92 Å². The second-order valence-electron chi connectivity index (χ2n) is 4.92. The second-order valence-corrected chi connectivity index (χ2v) is 5.78. The van der Waals surface area contributed by atoms with Gasteiger partial charge in [0, 0.05) is 10.4 Å². The molecule has 18 heavy (non-hydrogen) atoms. The van der Waals surface area contributed by atoms with Crippen LogP contribution in [0.4, 0.5) is 0 Å². The number of halogens is 1. The molecule has 0 radical (unpaired) electrons. The summed E-state index contributed by atoms with van der Waals surface area (Å²) in [5.74, 6) is 0.384. The smallest absolute Gasteiger partial charge is 0.0290 e. The van der Waals surface area contributed by atoms with Crippen LogP contribution in [0.5, 0.6) is 0 Å². The number of fused-ring (bicyclic) bond motifs is 1. The molecule has 0 heterocycles. The lowest BCUT2D eigenvalue weighted by Gasteiger charge is -2.15. The topological polar surface area (TPSA) is 0 Å². The van der Waals surface area contributed by atoms with Crippen molar-refractivity contribution in [1.82, 2.24) is 0 Å². The molecule has 2 aromatic carbocycles. The normalized spacial score (nSPS) is 16.9. The Balaban J connectivity index is 2.11. The van der Waals surface area contributed by atoms with Crippen molar-refractivity contribution in [3.63, 3.8) is 0 Å². The molecule has 0 nitrogen and oxygen atoms in total. The molecule has 0 aliphatic heterocycles. The van der Waals surface area contributed by atoms with Gasteiger partial charge in [-0.05, 0) is 47.7 Å². The van der Waals surface area contributed by atoms with E-state index < -0.39 is 0 Å². The molecule has 90 valence electrons. The molecule has 1 atom stereocenters. The number of benzene rings is 2. The highest BCUT2D eigenvalue weighted by atomic mass is 79.9. The molecule has 1 unspecified atom stereocenters. The van der Waals surface area contributed by atoms with Gasteiger partial charge < -0.3 is 0 Å². The van der Waals surface area contributed by atoms with Crippen molar-refractivity contribution >= 4 is 22.0 Å². The summed E-state index contributed by atoms with van der Waals surface area (Å²) in [6.07, 6.45) is 4.51. The fourth-order valence-corrected chi connectivity index (χ4v) is 3.19. The highest BCUT2D eigenvalue weighted by molar-refractivity contribution is 9.10. The van der Waals surface area contributed by atoms with Crippen molar-refractivity contribution in [2.24, 2.45) is 0 Å². The molecule has 2 aromatic rings. The lowest BCUT2D eigenvalue weighted by atomic mass is 9.91. The Morgan fingerprint density at radius 2 is 1.83 bits per heavy atom. The van der Waals surface area contributed by atoms with Gasteiger partial charge in [0.15, 0.2) is 0 Å². The largest absolute Gasteiger partial charge is 0.0720 e. The van der Waals surface area contributed by atoms with E-state index in [2.05, 4.69) is 78.3 Å². The summed E-state index contributed by atoms with van der Waals surface area (Å²) in [6.45, 7) is 4.34. The van der Waals surface area contributed by atoms with E-state index in [1.54, 1.807) is 0 Å². The number of aryl methyl sites for hydroxylation is 2. The van der Waals surface area contributed by atoms with Gasteiger partial charge in [-0.25, -0.2) is 0 Å². The van der Waals surface area contributed by atoms with Crippen LogP contribution in [-0.4, -0.2) is 0 Å². The summed E-state index contributed by atoms with van der Waals surface area (Å²) in [5, 5.41) is 0. The number of allylic oxidation sites excluding steroid dienone is 1. The van der Waals surface area contributed by atoms with Crippen molar-refractivity contribution in [2.45, 2.75) is 19.8 Å². The first kappa shape index (κ1) is 11.7. The van der Waals surface area contributed by atoms with Crippen molar-refractivity contribution in [3.8, 4) is 0 Å². The highest BCUT2D eigenvalue weighted by Crippen LogP contribution is 2.39. The Morgan fingerprint density at radius 3 is 2.61 bits per heavy atom. The van der Waals surface area contributed by atoms with Crippen molar-refractivity contribution in [1.29, 1.82) is 0 Å². The molecule has 0 spiro atoms. The van der Waals surface area contributed by atoms with Gasteiger partial charge in [0.25, 0.3) is 0 Å². The van der Waals surface area contributed by atoms with Crippen LogP contribution in [0.25, 0.3) is 6.08 Å². The Kier molecular flexibility index (Phi) is 2.87. The van der Waals surface area contributed by atoms with Gasteiger partial charge in [0.05, 0.1) is 0 Å². The van der Waals surface area contributed by atoms with Crippen molar-refractivity contribution < 1.29 is 0 Å². The molecule has 1 heteroatoms. The summed E-state index contributed by atoms with van der Waals surface area (Å²) in [5.41, 5.74) is 6.81. The minimum Gasteiger partial charge on any atom is -0.0720 e. The molecule has 0 bridgehead atoms. The molecular weight excluding hydrogens is 284 g/mol. The van der Waals surface area contributed by atoms with Crippen LogP contribution < -0.4 is 0 Å². The lowest BCUT2D eigenvalue weighted by Crippen LogP contribution is -1.98. The van der Waals surface area contributed by atoms with Crippen LogP contribution >= 0.6 is 15.9 Å². The fourth-order valence-electron chi connectivity index (χ4n) is 2.56. The predicted molar refractivity (Wildman–Crippen MR) is 80.9 cm³/mol. The van der Waals surface area contributed by atoms with E-state index in [0.717, 1.165) is 0 Å². The maximum absolute atomic E-state index is 3.68. The number of hydrogen-bond donors (Lipinski definition) is 0. The molecule has 1 aliphatic carbocycles. The van der Waals surface area contributed by atoms with Gasteiger partial charge in [0.2, 0.25) is 0 Å². The summed E-state index contributed by atoms with van der Waals surface area (Å²) in [4.78, 5) is 0. The molecule has 0 N–H and O–H groups in total. The highest BCUT2D eigenvalue weighted by Gasteiger charge is 2.21. The monoisotopic (exact) mass is 298 g/mol. The Hall–Kier alpha value is -1.34. The first-order chi connectivity index (χ1) is 8.66. The van der Waals surface area contributed by atoms with E-state index in [4.69, 9.17) is 0 Å². The SMILES string of the molecule is Cc1ccc(C2C=Cc3cccc(Br)c32)cc1C. The van der Waals surface area contributed by atoms with Crippen molar-refractivity contribution in [2.75, 3.05) is 0 Å². The Morgan fingerprint density at radius 1 is 1.00 bits per heavy atom. The zero-order valence-electron chi connectivity index (χ0n) is 10.6. The van der Waals surface area contributed by atoms with Crippen LogP contribution in [0.1, 0.15) is 33.7 Å². The summed E-state index contributed by atoms with van der Waals surface area (Å²) < 4.78 is 1.20. The van der Waals surface area contributed by atoms with Crippen LogP contribution in [-0.2, 0) is 0 Å². The van der Waals surface area contributed by atoms with E-state index in [9.17, 15) is 0 Å². The standard InChI is InChI=1S/C17H15Br/c1-11-6-7-14(10-12(11)2)15-9-8-13-4-3-5-16(18)17(13)15/h3-10,15H,1-2H3. The minimum atomic E-state index is 0.384. The van der Waals surface area contributed by atoms with Crippen LogP contribution in [0.15, 0.2) is 46.9 Å². The summed E-state index contributed by atoms with van der Waals surface area (Å²) in [7, 11) is 0. The Bertz CT molecular complexity index is 638. The number of hydrogen-bond acceptors (Lipinski definition) is 0. The van der Waals surface area contributed by atoms with Crippen LogP contribution in [0.3, 0.4) is 0 Å². The van der Waals surface area contributed by atoms with E-state index >= 15 is 0 Å². The van der Waals surface area contributed by atoms with Gasteiger partial charge in [0.1, 0.15) is 0 Å². The predicted octanol–water partition coefficient (Wildman–Crippen LogP) is 5.22. The summed E-state index contributed by atoms with van der Waals surface area (Å²) in [6, 6.07) is 13.2. The molecule has 1 aliphatic rings. The quantitative estimate of drug-likeness (QED) is 0.677. The number of rotatable bonds is 1. The molecule has 0 aromatic heterocycles. The minimum absolute atomic E-state index is 0.384. The summed E-state index contributed by atoms with van der Waals surface area (Å²) >= 11 is 3.68. The second kappa shape index (κ2) is 4.40. The average molecular weight is 299 g/mol. The van der Waals surface area contributed by atoms with E-state index in [1.807, 2.05) is 0 Å². The first-order valence-corrected chi connectivity index (χ1v) is 7.00. The third-order valence-electron chi connectivity index (χ3n) is 3.76. The molecule has 0 saturated heterocycles. The third-order valence-corrected chi connectivity index (χ3v) is 4.45. The van der Waals surface area contributed by atoms with Gasteiger partial charge in [-0.2, -0.15) is 0 Å². The third kappa shape index (κ3) is 1.83. The Labute approximate surface area is 116 Å². The van der Waals surface area contributed by atoms with Gasteiger partial charge in [-0.1, -0.05) is 58.4 Å². The maximum atomic E-state index is 3.68. The van der Waals surface area contributed by atoms with Crippen LogP contribution in [0, 0.1) is 13.8 Å². The molecule has 0 saturated carbocycles. The zero-order chi connectivity index (χ0) is 12.7. The van der Waals surface area contributed by atoms with E-state index in [-0.39, 0.29) is 0 Å². The van der Waals surface area contributed by atoms with Gasteiger partial charge in [-0.15, -0.1) is 0 Å². The fraction of sp³-hybridized carbons (Fsp3) is 0.176. The molecular formula is C17H15Br. The average Bonchev–Trinajstić information content (AvgIpc) is 2.78. The molecule has 0 fully saturated rings. The van der Waals surface area contributed by atoms with Crippen LogP contribution in [0.2, 0.25) is 0 Å². The lowest BCUT2D eigenvalue weighted by molar-refractivity contribution is 1.03. The molecule has 0 amide bonds. The molecule has 3 rings (SSSR count). The zero-order valence-corrected chi connectivity index (χ0v) is 12.2. The maximum Gasteiger partial charge on any atom is 0.0290 e.